The van der Waals surface area contributed by atoms with Crippen molar-refractivity contribution in [3.05, 3.63) is 0 Å². The van der Waals surface area contributed by atoms with Crippen LogP contribution in [0.2, 0.25) is 0 Å². The van der Waals surface area contributed by atoms with Gasteiger partial charge in [0.05, 0.1) is 25.7 Å². The highest BCUT2D eigenvalue weighted by molar-refractivity contribution is 5.78. The van der Waals surface area contributed by atoms with Crippen molar-refractivity contribution in [1.82, 2.24) is 10.2 Å². The number of rotatable bonds is 6. The van der Waals surface area contributed by atoms with Gasteiger partial charge in [0.2, 0.25) is 5.91 Å². The molecule has 0 radical (unpaired) electrons. The Labute approximate surface area is 101 Å². The summed E-state index contributed by atoms with van der Waals surface area (Å²) in [6.45, 7) is 4.74. The summed E-state index contributed by atoms with van der Waals surface area (Å²) >= 11 is 0. The molecule has 6 nitrogen and oxygen atoms in total. The number of carbonyl (C=O) groups excluding carboxylic acids is 1. The summed E-state index contributed by atoms with van der Waals surface area (Å²) in [5.41, 5.74) is 0. The molecule has 0 saturated carbocycles. The lowest BCUT2D eigenvalue weighted by molar-refractivity contribution is -0.146. The van der Waals surface area contributed by atoms with Gasteiger partial charge in [-0.05, 0) is 6.54 Å². The maximum absolute atomic E-state index is 11.9. The first kappa shape index (κ1) is 13.9. The molecule has 1 heterocycles. The molecule has 1 aliphatic heterocycles. The van der Waals surface area contributed by atoms with Gasteiger partial charge in [0, 0.05) is 19.5 Å². The molecule has 6 heteroatoms. The summed E-state index contributed by atoms with van der Waals surface area (Å²) in [6.07, 6.45) is 0.358. The minimum absolute atomic E-state index is 0.000463. The second kappa shape index (κ2) is 7.24. The molecule has 1 amide bonds. The normalized spacial score (nSPS) is 20.3. The molecule has 1 saturated heterocycles. The molecule has 1 atom stereocenters. The van der Waals surface area contributed by atoms with Gasteiger partial charge in [0.15, 0.2) is 0 Å². The SMILES string of the molecule is CCNCCC(=O)N1CCOCC1CC(=O)O. The van der Waals surface area contributed by atoms with Gasteiger partial charge in [-0.25, -0.2) is 0 Å². The lowest BCUT2D eigenvalue weighted by atomic mass is 10.1. The Balaban J connectivity index is 2.45. The number of hydrogen-bond donors (Lipinski definition) is 2. The molecule has 17 heavy (non-hydrogen) atoms. The van der Waals surface area contributed by atoms with Crippen LogP contribution in [0, 0.1) is 0 Å². The van der Waals surface area contributed by atoms with Crippen molar-refractivity contribution in [2.75, 3.05) is 32.8 Å². The first-order chi connectivity index (χ1) is 8.15. The molecule has 1 fully saturated rings. The van der Waals surface area contributed by atoms with Gasteiger partial charge in [0.25, 0.3) is 0 Å². The number of amides is 1. The quantitative estimate of drug-likeness (QED) is 0.626. The zero-order valence-electron chi connectivity index (χ0n) is 10.1. The van der Waals surface area contributed by atoms with Crippen molar-refractivity contribution in [3.63, 3.8) is 0 Å². The van der Waals surface area contributed by atoms with Crippen LogP contribution in [0.5, 0.6) is 0 Å². The summed E-state index contributed by atoms with van der Waals surface area (Å²) in [6, 6.07) is -0.324. The Bertz CT molecular complexity index is 270. The fraction of sp³-hybridized carbons (Fsp3) is 0.818. The number of carboxylic acids is 1. The second-order valence-electron chi connectivity index (χ2n) is 4.02. The molecule has 1 rings (SSSR count). The number of aliphatic carboxylic acids is 1. The fourth-order valence-corrected chi connectivity index (χ4v) is 1.87. The van der Waals surface area contributed by atoms with Crippen LogP contribution in [-0.2, 0) is 14.3 Å². The second-order valence-corrected chi connectivity index (χ2v) is 4.02. The zero-order chi connectivity index (χ0) is 12.7. The molecule has 0 aromatic carbocycles. The minimum Gasteiger partial charge on any atom is -0.481 e. The van der Waals surface area contributed by atoms with Crippen LogP contribution in [0.3, 0.4) is 0 Å². The van der Waals surface area contributed by atoms with E-state index in [9.17, 15) is 9.59 Å². The van der Waals surface area contributed by atoms with Gasteiger partial charge in [-0.3, -0.25) is 9.59 Å². The van der Waals surface area contributed by atoms with Crippen LogP contribution in [0.25, 0.3) is 0 Å². The van der Waals surface area contributed by atoms with E-state index in [1.54, 1.807) is 4.90 Å². The summed E-state index contributed by atoms with van der Waals surface area (Å²) in [5, 5.41) is 11.9. The maximum Gasteiger partial charge on any atom is 0.305 e. The highest BCUT2D eigenvalue weighted by atomic mass is 16.5. The highest BCUT2D eigenvalue weighted by Crippen LogP contribution is 2.12. The summed E-state index contributed by atoms with van der Waals surface area (Å²) in [5.74, 6) is -0.898. The minimum atomic E-state index is -0.898. The average Bonchev–Trinajstić information content (AvgIpc) is 2.29. The topological polar surface area (TPSA) is 78.9 Å². The van der Waals surface area contributed by atoms with Crippen LogP contribution in [0.4, 0.5) is 0 Å². The van der Waals surface area contributed by atoms with Gasteiger partial charge >= 0.3 is 5.97 Å². The zero-order valence-corrected chi connectivity index (χ0v) is 10.1. The van der Waals surface area contributed by atoms with Crippen molar-refractivity contribution in [2.24, 2.45) is 0 Å². The molecular formula is C11H20N2O4. The van der Waals surface area contributed by atoms with Gasteiger partial charge < -0.3 is 20.1 Å². The Kier molecular flexibility index (Phi) is 5.93. The maximum atomic E-state index is 11.9. The van der Waals surface area contributed by atoms with Crippen LogP contribution in [-0.4, -0.2) is 60.8 Å². The van der Waals surface area contributed by atoms with Gasteiger partial charge in [-0.1, -0.05) is 6.92 Å². The Morgan fingerprint density at radius 2 is 2.29 bits per heavy atom. The van der Waals surface area contributed by atoms with E-state index in [-0.39, 0.29) is 18.4 Å². The molecular weight excluding hydrogens is 224 g/mol. The van der Waals surface area contributed by atoms with E-state index in [0.717, 1.165) is 6.54 Å². The monoisotopic (exact) mass is 244 g/mol. The summed E-state index contributed by atoms with van der Waals surface area (Å²) < 4.78 is 5.22. The van der Waals surface area contributed by atoms with Crippen LogP contribution < -0.4 is 5.32 Å². The lowest BCUT2D eigenvalue weighted by Gasteiger charge is -2.35. The average molecular weight is 244 g/mol. The van der Waals surface area contributed by atoms with Crippen molar-refractivity contribution in [3.8, 4) is 0 Å². The third kappa shape index (κ3) is 4.70. The molecule has 0 bridgehead atoms. The van der Waals surface area contributed by atoms with Gasteiger partial charge in [0.1, 0.15) is 0 Å². The van der Waals surface area contributed by atoms with Crippen molar-refractivity contribution in [2.45, 2.75) is 25.8 Å². The van der Waals surface area contributed by atoms with E-state index in [2.05, 4.69) is 5.32 Å². The molecule has 0 aromatic rings. The molecule has 0 spiro atoms. The van der Waals surface area contributed by atoms with Crippen molar-refractivity contribution >= 4 is 11.9 Å². The highest BCUT2D eigenvalue weighted by Gasteiger charge is 2.28. The largest absolute Gasteiger partial charge is 0.481 e. The first-order valence-corrected chi connectivity index (χ1v) is 5.95. The standard InChI is InChI=1S/C11H20N2O4/c1-2-12-4-3-10(14)13-5-6-17-8-9(13)7-11(15)16/h9,12H,2-8H2,1H3,(H,15,16). The molecule has 0 aliphatic carbocycles. The van der Waals surface area contributed by atoms with Gasteiger partial charge in [-0.2, -0.15) is 0 Å². The predicted molar refractivity (Wildman–Crippen MR) is 61.7 cm³/mol. The molecule has 0 aromatic heterocycles. The van der Waals surface area contributed by atoms with E-state index >= 15 is 0 Å². The molecule has 98 valence electrons. The summed E-state index contributed by atoms with van der Waals surface area (Å²) in [7, 11) is 0. The molecule has 1 aliphatic rings. The summed E-state index contributed by atoms with van der Waals surface area (Å²) in [4.78, 5) is 24.2. The Hall–Kier alpha value is -1.14. The molecule has 2 N–H and O–H groups in total. The number of carboxylic acid groups (broad SMARTS) is 1. The van der Waals surface area contributed by atoms with E-state index in [1.165, 1.54) is 0 Å². The van der Waals surface area contributed by atoms with Crippen LogP contribution in [0.1, 0.15) is 19.8 Å². The van der Waals surface area contributed by atoms with Crippen LogP contribution >= 0.6 is 0 Å². The third-order valence-corrected chi connectivity index (χ3v) is 2.72. The van der Waals surface area contributed by atoms with Crippen molar-refractivity contribution in [1.29, 1.82) is 0 Å². The number of nitrogens with zero attached hydrogens (tertiary/aromatic N) is 1. The lowest BCUT2D eigenvalue weighted by Crippen LogP contribution is -2.50. The first-order valence-electron chi connectivity index (χ1n) is 5.95. The number of nitrogens with one attached hydrogen (secondary N) is 1. The van der Waals surface area contributed by atoms with Crippen LogP contribution in [0.15, 0.2) is 0 Å². The third-order valence-electron chi connectivity index (χ3n) is 2.72. The Morgan fingerprint density at radius 1 is 1.53 bits per heavy atom. The number of ether oxygens (including phenoxy) is 1. The number of hydrogen-bond acceptors (Lipinski definition) is 4. The van der Waals surface area contributed by atoms with Crippen molar-refractivity contribution < 1.29 is 19.4 Å². The smallest absolute Gasteiger partial charge is 0.305 e. The Morgan fingerprint density at radius 3 is 2.94 bits per heavy atom. The number of carbonyl (C=O) groups is 2. The number of morpholine rings is 1. The van der Waals surface area contributed by atoms with E-state index in [0.29, 0.717) is 32.7 Å². The fourth-order valence-electron chi connectivity index (χ4n) is 1.87. The van der Waals surface area contributed by atoms with Gasteiger partial charge in [-0.15, -0.1) is 0 Å². The molecule has 1 unspecified atom stereocenters. The van der Waals surface area contributed by atoms with E-state index < -0.39 is 5.97 Å². The predicted octanol–water partition coefficient (Wildman–Crippen LogP) is -0.312. The van der Waals surface area contributed by atoms with E-state index in [4.69, 9.17) is 9.84 Å². The van der Waals surface area contributed by atoms with E-state index in [1.807, 2.05) is 6.92 Å².